The van der Waals surface area contributed by atoms with Crippen molar-refractivity contribution < 1.29 is 9.53 Å². The third-order valence-electron chi connectivity index (χ3n) is 2.54. The van der Waals surface area contributed by atoms with Crippen molar-refractivity contribution in [2.24, 2.45) is 5.92 Å². The van der Waals surface area contributed by atoms with E-state index in [9.17, 15) is 4.79 Å². The van der Waals surface area contributed by atoms with Crippen LogP contribution in [0.5, 0.6) is 0 Å². The summed E-state index contributed by atoms with van der Waals surface area (Å²) in [6.45, 7) is 4.16. The topological polar surface area (TPSA) is 26.3 Å². The summed E-state index contributed by atoms with van der Waals surface area (Å²) in [7, 11) is 0. The van der Waals surface area contributed by atoms with Crippen LogP contribution in [0.15, 0.2) is 0 Å². The van der Waals surface area contributed by atoms with Crippen molar-refractivity contribution in [1.82, 2.24) is 0 Å². The molecule has 0 aromatic rings. The van der Waals surface area contributed by atoms with E-state index in [1.165, 1.54) is 25.7 Å². The van der Waals surface area contributed by atoms with E-state index in [-0.39, 0.29) is 18.0 Å². The van der Waals surface area contributed by atoms with Gasteiger partial charge in [0.2, 0.25) is 0 Å². The Balaban J connectivity index is 1.98. The van der Waals surface area contributed by atoms with Gasteiger partial charge in [0.15, 0.2) is 0 Å². The lowest BCUT2D eigenvalue weighted by atomic mass is 9.94. The predicted octanol–water partition coefficient (Wildman–Crippen LogP) is 2.52. The summed E-state index contributed by atoms with van der Waals surface area (Å²) < 4.78 is 4.99. The van der Waals surface area contributed by atoms with Gasteiger partial charge in [0.1, 0.15) is 6.10 Å². The Kier molecular flexibility index (Phi) is 3.57. The quantitative estimate of drug-likeness (QED) is 0.468. The Labute approximate surface area is 74.3 Å². The predicted molar refractivity (Wildman–Crippen MR) is 47.8 cm³/mol. The summed E-state index contributed by atoms with van der Waals surface area (Å²) in [5.41, 5.74) is 0. The summed E-state index contributed by atoms with van der Waals surface area (Å²) in [5.74, 6) is 0.141. The SMILES string of the molecule is CCCCCC[C@@H]1OC(=O)[C@@H]1C. The zero-order chi connectivity index (χ0) is 8.97. The minimum absolute atomic E-state index is 0.0181. The number of unbranched alkanes of at least 4 members (excludes halogenated alkanes) is 3. The molecule has 2 atom stereocenters. The molecule has 2 heteroatoms. The average molecular weight is 170 g/mol. The Morgan fingerprint density at radius 3 is 2.58 bits per heavy atom. The first-order valence-electron chi connectivity index (χ1n) is 4.96. The largest absolute Gasteiger partial charge is 0.461 e. The summed E-state index contributed by atoms with van der Waals surface area (Å²) in [6.07, 6.45) is 6.34. The van der Waals surface area contributed by atoms with Crippen LogP contribution >= 0.6 is 0 Å². The molecule has 1 aliphatic heterocycles. The maximum atomic E-state index is 10.7. The van der Waals surface area contributed by atoms with E-state index in [2.05, 4.69) is 6.92 Å². The lowest BCUT2D eigenvalue weighted by Crippen LogP contribution is -2.42. The standard InChI is InChI=1S/C10H18O2/c1-3-4-5-6-7-9-8(2)10(11)12-9/h8-9H,3-7H2,1-2H3/t8-,9+/m1/s1. The molecule has 0 aromatic heterocycles. The molecule has 0 unspecified atom stereocenters. The Morgan fingerprint density at radius 2 is 2.08 bits per heavy atom. The first-order chi connectivity index (χ1) is 5.75. The van der Waals surface area contributed by atoms with E-state index < -0.39 is 0 Å². The Morgan fingerprint density at radius 1 is 1.33 bits per heavy atom. The van der Waals surface area contributed by atoms with Crippen molar-refractivity contribution in [2.45, 2.75) is 52.1 Å². The van der Waals surface area contributed by atoms with Gasteiger partial charge in [-0.15, -0.1) is 0 Å². The fourth-order valence-electron chi connectivity index (χ4n) is 1.52. The molecule has 0 aliphatic carbocycles. The minimum atomic E-state index is -0.0181. The van der Waals surface area contributed by atoms with E-state index in [0.29, 0.717) is 0 Å². The monoisotopic (exact) mass is 170 g/mol. The first-order valence-corrected chi connectivity index (χ1v) is 4.96. The minimum Gasteiger partial charge on any atom is -0.461 e. The molecular formula is C10H18O2. The fourth-order valence-corrected chi connectivity index (χ4v) is 1.52. The van der Waals surface area contributed by atoms with E-state index in [4.69, 9.17) is 4.74 Å². The molecule has 70 valence electrons. The molecule has 0 saturated carbocycles. The van der Waals surface area contributed by atoms with Gasteiger partial charge in [0, 0.05) is 0 Å². The highest BCUT2D eigenvalue weighted by atomic mass is 16.6. The zero-order valence-corrected chi connectivity index (χ0v) is 8.01. The van der Waals surface area contributed by atoms with E-state index >= 15 is 0 Å². The van der Waals surface area contributed by atoms with Gasteiger partial charge in [-0.2, -0.15) is 0 Å². The summed E-state index contributed by atoms with van der Waals surface area (Å²) in [4.78, 5) is 10.7. The van der Waals surface area contributed by atoms with Gasteiger partial charge in [-0.1, -0.05) is 26.2 Å². The van der Waals surface area contributed by atoms with Crippen LogP contribution in [0, 0.1) is 5.92 Å². The van der Waals surface area contributed by atoms with Gasteiger partial charge in [0.05, 0.1) is 5.92 Å². The van der Waals surface area contributed by atoms with Crippen LogP contribution in [0.1, 0.15) is 46.0 Å². The lowest BCUT2D eigenvalue weighted by molar-refractivity contribution is -0.183. The highest BCUT2D eigenvalue weighted by molar-refractivity contribution is 5.77. The third kappa shape index (κ3) is 2.23. The van der Waals surface area contributed by atoms with Crippen molar-refractivity contribution in [3.63, 3.8) is 0 Å². The Bertz CT molecular complexity index is 154. The van der Waals surface area contributed by atoms with Crippen molar-refractivity contribution in [2.75, 3.05) is 0 Å². The van der Waals surface area contributed by atoms with Gasteiger partial charge in [-0.05, 0) is 19.8 Å². The maximum absolute atomic E-state index is 10.7. The van der Waals surface area contributed by atoms with Crippen molar-refractivity contribution in [3.8, 4) is 0 Å². The number of esters is 1. The van der Waals surface area contributed by atoms with Crippen LogP contribution in [0.2, 0.25) is 0 Å². The molecule has 1 saturated heterocycles. The fraction of sp³-hybridized carbons (Fsp3) is 0.900. The number of rotatable bonds is 5. The summed E-state index contributed by atoms with van der Waals surface area (Å²) >= 11 is 0. The second-order valence-corrected chi connectivity index (χ2v) is 3.61. The highest BCUT2D eigenvalue weighted by Gasteiger charge is 2.37. The van der Waals surface area contributed by atoms with Gasteiger partial charge < -0.3 is 4.74 Å². The first kappa shape index (κ1) is 9.56. The second kappa shape index (κ2) is 4.48. The molecular weight excluding hydrogens is 152 g/mol. The van der Waals surface area contributed by atoms with E-state index in [1.54, 1.807) is 0 Å². The third-order valence-corrected chi connectivity index (χ3v) is 2.54. The molecule has 0 bridgehead atoms. The van der Waals surface area contributed by atoms with Gasteiger partial charge in [-0.3, -0.25) is 4.79 Å². The number of ether oxygens (including phenoxy) is 1. The van der Waals surface area contributed by atoms with Crippen molar-refractivity contribution >= 4 is 5.97 Å². The molecule has 0 aromatic carbocycles. The molecule has 1 fully saturated rings. The molecule has 2 nitrogen and oxygen atoms in total. The molecule has 1 heterocycles. The smallest absolute Gasteiger partial charge is 0.312 e. The summed E-state index contributed by atoms with van der Waals surface area (Å²) in [5, 5.41) is 0. The van der Waals surface area contributed by atoms with E-state index in [0.717, 1.165) is 6.42 Å². The molecule has 0 spiro atoms. The number of hydrogen-bond acceptors (Lipinski definition) is 2. The van der Waals surface area contributed by atoms with Crippen LogP contribution in [0.4, 0.5) is 0 Å². The van der Waals surface area contributed by atoms with Crippen LogP contribution in [0.3, 0.4) is 0 Å². The normalized spacial score (nSPS) is 28.0. The van der Waals surface area contributed by atoms with Crippen molar-refractivity contribution in [3.05, 3.63) is 0 Å². The van der Waals surface area contributed by atoms with Crippen LogP contribution in [-0.2, 0) is 9.53 Å². The van der Waals surface area contributed by atoms with Crippen LogP contribution in [0.25, 0.3) is 0 Å². The molecule has 0 N–H and O–H groups in total. The molecule has 0 radical (unpaired) electrons. The van der Waals surface area contributed by atoms with Crippen molar-refractivity contribution in [1.29, 1.82) is 0 Å². The van der Waals surface area contributed by atoms with Gasteiger partial charge >= 0.3 is 5.97 Å². The lowest BCUT2D eigenvalue weighted by Gasteiger charge is -2.32. The second-order valence-electron chi connectivity index (χ2n) is 3.61. The zero-order valence-electron chi connectivity index (χ0n) is 8.01. The summed E-state index contributed by atoms with van der Waals surface area (Å²) in [6, 6.07) is 0. The molecule has 0 amide bonds. The molecule has 1 rings (SSSR count). The molecule has 1 aliphatic rings. The van der Waals surface area contributed by atoms with Crippen LogP contribution < -0.4 is 0 Å². The number of carbonyl (C=O) groups is 1. The molecule has 12 heavy (non-hydrogen) atoms. The number of hydrogen-bond donors (Lipinski definition) is 0. The van der Waals surface area contributed by atoms with Gasteiger partial charge in [-0.25, -0.2) is 0 Å². The number of cyclic esters (lactones) is 1. The average Bonchev–Trinajstić information content (AvgIpc) is 2.10. The maximum Gasteiger partial charge on any atom is 0.312 e. The van der Waals surface area contributed by atoms with E-state index in [1.807, 2.05) is 6.92 Å². The van der Waals surface area contributed by atoms with Gasteiger partial charge in [0.25, 0.3) is 0 Å². The van der Waals surface area contributed by atoms with Crippen LogP contribution in [-0.4, -0.2) is 12.1 Å². The number of carbonyl (C=O) groups excluding carboxylic acids is 1. The highest BCUT2D eigenvalue weighted by Crippen LogP contribution is 2.26. The Hall–Kier alpha value is -0.530.